The van der Waals surface area contributed by atoms with Gasteiger partial charge in [-0.1, -0.05) is 60.7 Å². The van der Waals surface area contributed by atoms with Crippen LogP contribution in [0.1, 0.15) is 36.0 Å². The van der Waals surface area contributed by atoms with E-state index in [0.717, 1.165) is 22.0 Å². The first-order valence-electron chi connectivity index (χ1n) is 8.85. The highest BCUT2D eigenvalue weighted by Gasteiger charge is 2.21. The van der Waals surface area contributed by atoms with Gasteiger partial charge in [0.05, 0.1) is 10.6 Å². The molecule has 1 N–H and O–H groups in total. The summed E-state index contributed by atoms with van der Waals surface area (Å²) < 4.78 is 7.15. The van der Waals surface area contributed by atoms with Gasteiger partial charge in [0.1, 0.15) is 5.76 Å². The number of aromatic nitrogens is 4. The lowest BCUT2D eigenvalue weighted by atomic mass is 10.1. The Bertz CT molecular complexity index is 1110. The van der Waals surface area contributed by atoms with Crippen molar-refractivity contribution in [1.29, 1.82) is 0 Å². The highest BCUT2D eigenvalue weighted by Crippen LogP contribution is 2.38. The van der Waals surface area contributed by atoms with E-state index in [1.807, 2.05) is 62.0 Å². The normalized spacial score (nSPS) is 11.1. The number of nitrogens with zero attached hydrogens (tertiary/aromatic N) is 4. The standard InChI is InChI=1S/C20H19N5O2S/c1-12(2)15-11-14(24-27-15)19(26)23-20-22-16(13-7-5-4-6-8-13)17(28-20)18-21-9-10-25(18)3/h4-12H,1-3H3,(H,22,23,26). The van der Waals surface area contributed by atoms with Gasteiger partial charge in [0.2, 0.25) is 0 Å². The molecule has 3 heterocycles. The van der Waals surface area contributed by atoms with E-state index >= 15 is 0 Å². The van der Waals surface area contributed by atoms with Crippen LogP contribution in [0, 0.1) is 0 Å². The predicted molar refractivity (Wildman–Crippen MR) is 108 cm³/mol. The Morgan fingerprint density at radius 3 is 2.68 bits per heavy atom. The van der Waals surface area contributed by atoms with Gasteiger partial charge >= 0.3 is 0 Å². The molecule has 0 atom stereocenters. The molecule has 142 valence electrons. The summed E-state index contributed by atoms with van der Waals surface area (Å²) in [5.74, 6) is 1.27. The van der Waals surface area contributed by atoms with Crippen molar-refractivity contribution in [3.05, 3.63) is 60.2 Å². The molecule has 1 amide bonds. The highest BCUT2D eigenvalue weighted by atomic mass is 32.1. The van der Waals surface area contributed by atoms with Gasteiger partial charge in [0.15, 0.2) is 16.6 Å². The fourth-order valence-electron chi connectivity index (χ4n) is 2.73. The van der Waals surface area contributed by atoms with Crippen LogP contribution in [0.3, 0.4) is 0 Å². The number of anilines is 1. The summed E-state index contributed by atoms with van der Waals surface area (Å²) in [7, 11) is 1.93. The second kappa shape index (κ2) is 7.40. The molecule has 4 rings (SSSR count). The molecular weight excluding hydrogens is 374 g/mol. The molecule has 3 aromatic heterocycles. The minimum Gasteiger partial charge on any atom is -0.360 e. The Balaban J connectivity index is 1.69. The average molecular weight is 393 g/mol. The average Bonchev–Trinajstić information content (AvgIpc) is 3.41. The molecule has 0 aliphatic carbocycles. The molecule has 0 bridgehead atoms. The fraction of sp³-hybridized carbons (Fsp3) is 0.200. The maximum atomic E-state index is 12.6. The number of benzene rings is 1. The first kappa shape index (κ1) is 18.1. The summed E-state index contributed by atoms with van der Waals surface area (Å²) in [5.41, 5.74) is 1.97. The number of amides is 1. The largest absolute Gasteiger partial charge is 0.360 e. The topological polar surface area (TPSA) is 85.8 Å². The van der Waals surface area contributed by atoms with Crippen LogP contribution in [0.15, 0.2) is 53.3 Å². The monoisotopic (exact) mass is 393 g/mol. The summed E-state index contributed by atoms with van der Waals surface area (Å²) >= 11 is 1.38. The summed E-state index contributed by atoms with van der Waals surface area (Å²) in [4.78, 5) is 22.6. The van der Waals surface area contributed by atoms with Crippen LogP contribution < -0.4 is 5.32 Å². The van der Waals surface area contributed by atoms with Crippen LogP contribution in [0.4, 0.5) is 5.13 Å². The van der Waals surface area contributed by atoms with E-state index in [4.69, 9.17) is 4.52 Å². The molecule has 28 heavy (non-hydrogen) atoms. The van der Waals surface area contributed by atoms with E-state index in [9.17, 15) is 4.79 Å². The van der Waals surface area contributed by atoms with Crippen LogP contribution in [0.25, 0.3) is 22.0 Å². The van der Waals surface area contributed by atoms with Crippen molar-refractivity contribution >= 4 is 22.4 Å². The van der Waals surface area contributed by atoms with Crippen LogP contribution in [0.2, 0.25) is 0 Å². The molecule has 7 nitrogen and oxygen atoms in total. The van der Waals surface area contributed by atoms with Crippen molar-refractivity contribution in [3.63, 3.8) is 0 Å². The number of imidazole rings is 1. The van der Waals surface area contributed by atoms with Gasteiger partial charge in [-0.05, 0) is 0 Å². The van der Waals surface area contributed by atoms with Crippen molar-refractivity contribution in [2.45, 2.75) is 19.8 Å². The zero-order valence-electron chi connectivity index (χ0n) is 15.7. The lowest BCUT2D eigenvalue weighted by molar-refractivity contribution is 0.101. The van der Waals surface area contributed by atoms with E-state index in [1.165, 1.54) is 11.3 Å². The number of aryl methyl sites for hydroxylation is 1. The van der Waals surface area contributed by atoms with Crippen molar-refractivity contribution in [1.82, 2.24) is 19.7 Å². The Morgan fingerprint density at radius 2 is 2.04 bits per heavy atom. The van der Waals surface area contributed by atoms with Crippen molar-refractivity contribution in [3.8, 4) is 22.0 Å². The van der Waals surface area contributed by atoms with Crippen LogP contribution in [0.5, 0.6) is 0 Å². The van der Waals surface area contributed by atoms with Gasteiger partial charge in [-0.2, -0.15) is 0 Å². The maximum Gasteiger partial charge on any atom is 0.279 e. The number of thiazole rings is 1. The van der Waals surface area contributed by atoms with Crippen LogP contribution >= 0.6 is 11.3 Å². The Kier molecular flexibility index (Phi) is 4.79. The van der Waals surface area contributed by atoms with E-state index in [0.29, 0.717) is 10.9 Å². The third kappa shape index (κ3) is 3.46. The fourth-order valence-corrected chi connectivity index (χ4v) is 3.75. The zero-order chi connectivity index (χ0) is 19.7. The van der Waals surface area contributed by atoms with Gasteiger partial charge in [0, 0.05) is 37.0 Å². The number of carbonyl (C=O) groups excluding carboxylic acids is 1. The third-order valence-corrected chi connectivity index (χ3v) is 5.22. The quantitative estimate of drug-likeness (QED) is 0.537. The Hall–Kier alpha value is -3.26. The second-order valence-electron chi connectivity index (χ2n) is 6.65. The van der Waals surface area contributed by atoms with E-state index in [-0.39, 0.29) is 17.5 Å². The van der Waals surface area contributed by atoms with Crippen LogP contribution in [-0.4, -0.2) is 25.6 Å². The second-order valence-corrected chi connectivity index (χ2v) is 7.65. The summed E-state index contributed by atoms with van der Waals surface area (Å²) in [5, 5.41) is 7.17. The highest BCUT2D eigenvalue weighted by molar-refractivity contribution is 7.19. The molecule has 0 unspecified atom stereocenters. The minimum absolute atomic E-state index is 0.161. The van der Waals surface area contributed by atoms with Gasteiger partial charge in [-0.3, -0.25) is 10.1 Å². The molecule has 0 fully saturated rings. The van der Waals surface area contributed by atoms with Crippen LogP contribution in [-0.2, 0) is 7.05 Å². The molecule has 8 heteroatoms. The number of hydrogen-bond donors (Lipinski definition) is 1. The molecule has 4 aromatic rings. The van der Waals surface area contributed by atoms with Crippen molar-refractivity contribution in [2.75, 3.05) is 5.32 Å². The molecule has 0 saturated carbocycles. The number of carbonyl (C=O) groups is 1. The minimum atomic E-state index is -0.351. The lowest BCUT2D eigenvalue weighted by Crippen LogP contribution is -2.11. The molecule has 1 aromatic carbocycles. The Labute approximate surface area is 166 Å². The smallest absolute Gasteiger partial charge is 0.279 e. The maximum absolute atomic E-state index is 12.6. The van der Waals surface area contributed by atoms with Crippen molar-refractivity contribution in [2.24, 2.45) is 7.05 Å². The van der Waals surface area contributed by atoms with Gasteiger partial charge in [0.25, 0.3) is 5.91 Å². The third-order valence-electron chi connectivity index (χ3n) is 4.25. The van der Waals surface area contributed by atoms with E-state index in [1.54, 1.807) is 12.3 Å². The molecule has 0 aliphatic heterocycles. The van der Waals surface area contributed by atoms with E-state index < -0.39 is 0 Å². The summed E-state index contributed by atoms with van der Waals surface area (Å²) in [6, 6.07) is 11.5. The van der Waals surface area contributed by atoms with Gasteiger partial charge < -0.3 is 9.09 Å². The summed E-state index contributed by atoms with van der Waals surface area (Å²) in [6.07, 6.45) is 3.62. The van der Waals surface area contributed by atoms with Gasteiger partial charge in [-0.25, -0.2) is 9.97 Å². The molecule has 0 saturated heterocycles. The first-order valence-corrected chi connectivity index (χ1v) is 9.66. The number of rotatable bonds is 5. The zero-order valence-corrected chi connectivity index (χ0v) is 16.5. The number of nitrogens with one attached hydrogen (secondary N) is 1. The lowest BCUT2D eigenvalue weighted by Gasteiger charge is -2.02. The van der Waals surface area contributed by atoms with Crippen molar-refractivity contribution < 1.29 is 9.32 Å². The van der Waals surface area contributed by atoms with Gasteiger partial charge in [-0.15, -0.1) is 0 Å². The first-order chi connectivity index (χ1) is 13.5. The molecule has 0 radical (unpaired) electrons. The molecule has 0 spiro atoms. The Morgan fingerprint density at radius 1 is 1.25 bits per heavy atom. The SMILES string of the molecule is CC(C)c1cc(C(=O)Nc2nc(-c3ccccc3)c(-c3nccn3C)s2)no1. The molecular formula is C20H19N5O2S. The number of hydrogen-bond acceptors (Lipinski definition) is 6. The van der Waals surface area contributed by atoms with E-state index in [2.05, 4.69) is 20.4 Å². The molecule has 0 aliphatic rings. The summed E-state index contributed by atoms with van der Waals surface area (Å²) in [6.45, 7) is 3.96. The predicted octanol–water partition coefficient (Wildman–Crippen LogP) is 4.57.